The molecule has 0 aliphatic rings. The predicted octanol–water partition coefficient (Wildman–Crippen LogP) is 4.76. The van der Waals surface area contributed by atoms with Crippen molar-refractivity contribution in [3.8, 4) is 6.07 Å². The monoisotopic (exact) mass is 361 g/mol. The lowest BCUT2D eigenvalue weighted by Gasteiger charge is -2.09. The van der Waals surface area contributed by atoms with Gasteiger partial charge in [-0.1, -0.05) is 30.0 Å². The first-order chi connectivity index (χ1) is 12.5. The second-order valence-electron chi connectivity index (χ2n) is 6.31. The van der Waals surface area contributed by atoms with E-state index >= 15 is 0 Å². The van der Waals surface area contributed by atoms with E-state index in [2.05, 4.69) is 22.4 Å². The number of nitriles is 1. The summed E-state index contributed by atoms with van der Waals surface area (Å²) in [6.45, 7) is 6.02. The van der Waals surface area contributed by atoms with Crippen molar-refractivity contribution < 1.29 is 4.79 Å². The molecule has 0 aliphatic carbocycles. The minimum absolute atomic E-state index is 0.119. The van der Waals surface area contributed by atoms with Crippen molar-refractivity contribution in [2.24, 2.45) is 0 Å². The fraction of sp³-hybridized carbons (Fsp3) is 0.190. The Hall–Kier alpha value is -2.84. The summed E-state index contributed by atoms with van der Waals surface area (Å²) < 4.78 is 0. The Morgan fingerprint density at radius 2 is 1.96 bits per heavy atom. The molecule has 2 aromatic carbocycles. The summed E-state index contributed by atoms with van der Waals surface area (Å²) in [7, 11) is 0. The molecule has 1 amide bonds. The smallest absolute Gasteiger partial charge is 0.234 e. The third-order valence-electron chi connectivity index (χ3n) is 4.01. The number of hydrogen-bond donors (Lipinski definition) is 1. The number of aryl methyl sites for hydroxylation is 3. The van der Waals surface area contributed by atoms with E-state index in [-0.39, 0.29) is 11.7 Å². The average Bonchev–Trinajstić information content (AvgIpc) is 2.59. The number of pyridine rings is 1. The minimum Gasteiger partial charge on any atom is -0.325 e. The molecule has 5 heteroatoms. The van der Waals surface area contributed by atoms with Gasteiger partial charge in [0, 0.05) is 11.1 Å². The number of amides is 1. The molecule has 0 saturated heterocycles. The second kappa shape index (κ2) is 7.59. The molecular weight excluding hydrogens is 342 g/mol. The number of anilines is 1. The van der Waals surface area contributed by atoms with Gasteiger partial charge in [-0.05, 0) is 61.7 Å². The third kappa shape index (κ3) is 4.04. The number of aromatic nitrogens is 1. The Balaban J connectivity index is 1.79. The fourth-order valence-electron chi connectivity index (χ4n) is 2.86. The number of nitrogens with one attached hydrogen (secondary N) is 1. The Labute approximate surface area is 157 Å². The van der Waals surface area contributed by atoms with E-state index in [4.69, 9.17) is 0 Å². The van der Waals surface area contributed by atoms with Gasteiger partial charge < -0.3 is 5.32 Å². The molecule has 130 valence electrons. The van der Waals surface area contributed by atoms with Gasteiger partial charge in [0.15, 0.2) is 0 Å². The van der Waals surface area contributed by atoms with E-state index in [0.29, 0.717) is 10.6 Å². The number of fused-ring (bicyclic) bond motifs is 1. The molecule has 1 aromatic heterocycles. The molecule has 0 saturated carbocycles. The number of nitrogens with zero attached hydrogens (tertiary/aromatic N) is 2. The van der Waals surface area contributed by atoms with Gasteiger partial charge in [0.2, 0.25) is 5.91 Å². The lowest BCUT2D eigenvalue weighted by molar-refractivity contribution is -0.113. The number of benzene rings is 2. The highest BCUT2D eigenvalue weighted by Crippen LogP contribution is 2.27. The van der Waals surface area contributed by atoms with E-state index in [0.717, 1.165) is 33.3 Å². The van der Waals surface area contributed by atoms with Crippen LogP contribution in [-0.4, -0.2) is 16.6 Å². The van der Waals surface area contributed by atoms with Crippen molar-refractivity contribution >= 4 is 34.3 Å². The first kappa shape index (κ1) is 18.0. The van der Waals surface area contributed by atoms with Crippen molar-refractivity contribution in [3.63, 3.8) is 0 Å². The zero-order valence-electron chi connectivity index (χ0n) is 15.0. The summed E-state index contributed by atoms with van der Waals surface area (Å²) in [5.74, 6) is 0.0816. The highest BCUT2D eigenvalue weighted by Gasteiger charge is 2.12. The molecule has 0 fully saturated rings. The SMILES string of the molecule is Cc1cccc(NC(=O)CSc2nc3cc(C)cc(C)c3cc2C#N)c1. The number of thioether (sulfide) groups is 1. The Kier molecular flexibility index (Phi) is 5.24. The average molecular weight is 361 g/mol. The van der Waals surface area contributed by atoms with Gasteiger partial charge in [-0.15, -0.1) is 0 Å². The van der Waals surface area contributed by atoms with Crippen LogP contribution >= 0.6 is 11.8 Å². The van der Waals surface area contributed by atoms with Crippen LogP contribution in [0, 0.1) is 32.1 Å². The molecule has 3 aromatic rings. The van der Waals surface area contributed by atoms with E-state index in [9.17, 15) is 10.1 Å². The van der Waals surface area contributed by atoms with E-state index < -0.39 is 0 Å². The maximum absolute atomic E-state index is 12.2. The maximum atomic E-state index is 12.2. The summed E-state index contributed by atoms with van der Waals surface area (Å²) >= 11 is 1.28. The molecule has 0 bridgehead atoms. The summed E-state index contributed by atoms with van der Waals surface area (Å²) in [5.41, 5.74) is 5.43. The Morgan fingerprint density at radius 1 is 1.15 bits per heavy atom. The lowest BCUT2D eigenvalue weighted by Crippen LogP contribution is -2.14. The number of carbonyl (C=O) groups excluding carboxylic acids is 1. The molecule has 0 radical (unpaired) electrons. The van der Waals surface area contributed by atoms with Crippen molar-refractivity contribution in [1.29, 1.82) is 5.26 Å². The zero-order chi connectivity index (χ0) is 18.7. The van der Waals surface area contributed by atoms with Crippen LogP contribution in [0.5, 0.6) is 0 Å². The van der Waals surface area contributed by atoms with Crippen LogP contribution in [0.15, 0.2) is 47.5 Å². The molecule has 1 N–H and O–H groups in total. The maximum Gasteiger partial charge on any atom is 0.234 e. The van der Waals surface area contributed by atoms with Crippen LogP contribution < -0.4 is 5.32 Å². The zero-order valence-corrected chi connectivity index (χ0v) is 15.8. The van der Waals surface area contributed by atoms with Gasteiger partial charge in [0.05, 0.1) is 16.8 Å². The highest BCUT2D eigenvalue weighted by molar-refractivity contribution is 8.00. The standard InChI is InChI=1S/C21H19N3OS/c1-13-5-4-6-17(8-13)23-20(25)12-26-21-16(11-22)10-18-15(3)7-14(2)9-19(18)24-21/h4-10H,12H2,1-3H3,(H,23,25). The minimum atomic E-state index is -0.119. The van der Waals surface area contributed by atoms with Gasteiger partial charge >= 0.3 is 0 Å². The van der Waals surface area contributed by atoms with Gasteiger partial charge in [0.1, 0.15) is 11.1 Å². The Bertz CT molecular complexity index is 1040. The summed E-state index contributed by atoms with van der Waals surface area (Å²) in [4.78, 5) is 16.8. The molecule has 3 rings (SSSR count). The van der Waals surface area contributed by atoms with Crippen LogP contribution in [0.3, 0.4) is 0 Å². The summed E-state index contributed by atoms with van der Waals surface area (Å²) in [5, 5.41) is 13.9. The van der Waals surface area contributed by atoms with Gasteiger partial charge in [-0.25, -0.2) is 4.98 Å². The van der Waals surface area contributed by atoms with Crippen LogP contribution in [0.25, 0.3) is 10.9 Å². The van der Waals surface area contributed by atoms with Crippen molar-refractivity contribution in [2.75, 3.05) is 11.1 Å². The summed E-state index contributed by atoms with van der Waals surface area (Å²) in [6.07, 6.45) is 0. The molecule has 1 heterocycles. The van der Waals surface area contributed by atoms with Crippen LogP contribution in [0.2, 0.25) is 0 Å². The van der Waals surface area contributed by atoms with Crippen molar-refractivity contribution in [3.05, 3.63) is 64.7 Å². The largest absolute Gasteiger partial charge is 0.325 e. The Morgan fingerprint density at radius 3 is 2.69 bits per heavy atom. The predicted molar refractivity (Wildman–Crippen MR) is 106 cm³/mol. The van der Waals surface area contributed by atoms with E-state index in [1.807, 2.05) is 57.2 Å². The molecule has 0 unspecified atom stereocenters. The number of rotatable bonds is 4. The number of hydrogen-bond acceptors (Lipinski definition) is 4. The number of carbonyl (C=O) groups is 1. The van der Waals surface area contributed by atoms with Gasteiger partial charge in [0.25, 0.3) is 0 Å². The second-order valence-corrected chi connectivity index (χ2v) is 7.27. The molecule has 4 nitrogen and oxygen atoms in total. The van der Waals surface area contributed by atoms with Gasteiger partial charge in [-0.2, -0.15) is 5.26 Å². The van der Waals surface area contributed by atoms with Crippen molar-refractivity contribution in [1.82, 2.24) is 4.98 Å². The quantitative estimate of drug-likeness (QED) is 0.680. The summed E-state index contributed by atoms with van der Waals surface area (Å²) in [6, 6.07) is 15.8. The lowest BCUT2D eigenvalue weighted by atomic mass is 10.1. The first-order valence-electron chi connectivity index (χ1n) is 8.27. The van der Waals surface area contributed by atoms with Crippen LogP contribution in [0.1, 0.15) is 22.3 Å². The van der Waals surface area contributed by atoms with E-state index in [1.54, 1.807) is 0 Å². The first-order valence-corrected chi connectivity index (χ1v) is 9.26. The third-order valence-corrected chi connectivity index (χ3v) is 5.00. The molecule has 26 heavy (non-hydrogen) atoms. The molecule has 0 aliphatic heterocycles. The molecule has 0 atom stereocenters. The molecule has 0 spiro atoms. The highest BCUT2D eigenvalue weighted by atomic mass is 32.2. The van der Waals surface area contributed by atoms with Crippen LogP contribution in [0.4, 0.5) is 5.69 Å². The topological polar surface area (TPSA) is 65.8 Å². The molecular formula is C21H19N3OS. The van der Waals surface area contributed by atoms with Crippen molar-refractivity contribution in [2.45, 2.75) is 25.8 Å². The van der Waals surface area contributed by atoms with E-state index in [1.165, 1.54) is 11.8 Å². The van der Waals surface area contributed by atoms with Crippen LogP contribution in [-0.2, 0) is 4.79 Å². The van der Waals surface area contributed by atoms with Gasteiger partial charge in [-0.3, -0.25) is 4.79 Å². The normalized spacial score (nSPS) is 10.5. The fourth-order valence-corrected chi connectivity index (χ4v) is 3.62.